The van der Waals surface area contributed by atoms with Gasteiger partial charge in [0.05, 0.1) is 0 Å². The van der Waals surface area contributed by atoms with E-state index in [2.05, 4.69) is 14.1 Å². The number of hydrogen-bond acceptors (Lipinski definition) is 6. The van der Waals surface area contributed by atoms with E-state index in [1.54, 1.807) is 0 Å². The third-order valence-electron chi connectivity index (χ3n) is 1.09. The first-order valence-corrected chi connectivity index (χ1v) is 5.11. The van der Waals surface area contributed by atoms with Gasteiger partial charge in [0.1, 0.15) is 6.26 Å². The Balaban J connectivity index is 2.56. The van der Waals surface area contributed by atoms with Gasteiger partial charge in [-0.3, -0.25) is 4.57 Å². The van der Waals surface area contributed by atoms with Crippen LogP contribution in [0.4, 0.5) is 6.01 Å². The van der Waals surface area contributed by atoms with Crippen molar-refractivity contribution in [1.82, 2.24) is 4.98 Å². The maximum absolute atomic E-state index is 11.0. The number of carbonyl (C=O) groups excluding carboxylic acids is 1. The van der Waals surface area contributed by atoms with Gasteiger partial charge < -0.3 is 24.7 Å². The molecule has 4 N–H and O–H groups in total. The van der Waals surface area contributed by atoms with Gasteiger partial charge in [0.25, 0.3) is 6.01 Å². The first kappa shape index (κ1) is 10.7. The summed E-state index contributed by atoms with van der Waals surface area (Å²) in [6.07, 6.45) is -0.0735. The van der Waals surface area contributed by atoms with Crippen molar-refractivity contribution in [2.24, 2.45) is 0 Å². The van der Waals surface area contributed by atoms with Gasteiger partial charge in [-0.25, -0.2) is 4.79 Å². The molecule has 1 heterocycles. The van der Waals surface area contributed by atoms with Crippen LogP contribution in [0.5, 0.6) is 0 Å². The number of rotatable bonds is 3. The van der Waals surface area contributed by atoms with Gasteiger partial charge in [0, 0.05) is 0 Å². The highest BCUT2D eigenvalue weighted by atomic mass is 31.2. The quantitative estimate of drug-likeness (QED) is 0.462. The van der Waals surface area contributed by atoms with Crippen molar-refractivity contribution < 1.29 is 28.3 Å². The fourth-order valence-corrected chi connectivity index (χ4v) is 0.883. The summed E-state index contributed by atoms with van der Waals surface area (Å²) in [5.41, 5.74) is 4.82. The summed E-state index contributed by atoms with van der Waals surface area (Å²) in [7, 11) is -4.37. The van der Waals surface area contributed by atoms with Crippen molar-refractivity contribution in [3.8, 4) is 0 Å². The first-order valence-electron chi connectivity index (χ1n) is 3.31. The Morgan fingerprint density at radius 1 is 1.71 bits per heavy atom. The van der Waals surface area contributed by atoms with Crippen molar-refractivity contribution in [2.75, 3.05) is 12.1 Å². The number of oxazole rings is 1. The van der Waals surface area contributed by atoms with Crippen LogP contribution >= 0.6 is 7.60 Å². The molecular weight excluding hydrogens is 215 g/mol. The highest BCUT2D eigenvalue weighted by molar-refractivity contribution is 7.51. The predicted octanol–water partition coefficient (Wildman–Crippen LogP) is -0.451. The van der Waals surface area contributed by atoms with E-state index in [4.69, 9.17) is 15.5 Å². The molecular formula is C5H7N2O6P. The Morgan fingerprint density at radius 2 is 2.36 bits per heavy atom. The second-order valence-corrected chi connectivity index (χ2v) is 3.88. The maximum Gasteiger partial charge on any atom is 0.362 e. The van der Waals surface area contributed by atoms with Crippen LogP contribution in [-0.4, -0.2) is 27.1 Å². The molecule has 0 saturated heterocycles. The van der Waals surface area contributed by atoms with E-state index in [0.717, 1.165) is 6.26 Å². The molecule has 1 rings (SSSR count). The van der Waals surface area contributed by atoms with E-state index in [-0.39, 0.29) is 11.7 Å². The average molecular weight is 222 g/mol. The van der Waals surface area contributed by atoms with Crippen LogP contribution in [0.3, 0.4) is 0 Å². The molecule has 0 atom stereocenters. The molecule has 9 heteroatoms. The van der Waals surface area contributed by atoms with Gasteiger partial charge in [-0.05, 0) is 0 Å². The number of nitrogens with two attached hydrogens (primary N) is 1. The van der Waals surface area contributed by atoms with Gasteiger partial charge >= 0.3 is 13.6 Å². The lowest BCUT2D eigenvalue weighted by atomic mass is 10.5. The van der Waals surface area contributed by atoms with Crippen LogP contribution in [0.2, 0.25) is 0 Å². The number of aromatic nitrogens is 1. The Hall–Kier alpha value is -1.37. The third kappa shape index (κ3) is 3.17. The first-order chi connectivity index (χ1) is 6.38. The lowest BCUT2D eigenvalue weighted by Gasteiger charge is -2.03. The van der Waals surface area contributed by atoms with E-state index < -0.39 is 19.9 Å². The molecule has 0 radical (unpaired) electrons. The van der Waals surface area contributed by atoms with E-state index in [0.29, 0.717) is 0 Å². The van der Waals surface area contributed by atoms with Gasteiger partial charge in [-0.15, -0.1) is 0 Å². The maximum atomic E-state index is 11.0. The molecule has 0 aliphatic rings. The summed E-state index contributed by atoms with van der Waals surface area (Å²) in [6.45, 7) is 0. The van der Waals surface area contributed by atoms with Crippen LogP contribution in [0.25, 0.3) is 0 Å². The Kier molecular flexibility index (Phi) is 2.90. The molecule has 8 nitrogen and oxygen atoms in total. The normalized spacial score (nSPS) is 11.3. The van der Waals surface area contributed by atoms with Gasteiger partial charge in [-0.1, -0.05) is 0 Å². The van der Waals surface area contributed by atoms with Crippen molar-refractivity contribution in [3.05, 3.63) is 12.0 Å². The van der Waals surface area contributed by atoms with Gasteiger partial charge in [0.15, 0.2) is 12.0 Å². The number of anilines is 1. The smallest absolute Gasteiger partial charge is 0.362 e. The number of ether oxygens (including phenoxy) is 1. The van der Waals surface area contributed by atoms with Crippen LogP contribution in [-0.2, 0) is 9.30 Å². The van der Waals surface area contributed by atoms with Crippen LogP contribution < -0.4 is 5.73 Å². The lowest BCUT2D eigenvalue weighted by Crippen LogP contribution is -2.07. The summed E-state index contributed by atoms with van der Waals surface area (Å²) in [6, 6.07) is -0.229. The molecule has 0 aliphatic heterocycles. The van der Waals surface area contributed by atoms with Crippen LogP contribution in [0.15, 0.2) is 10.7 Å². The number of nitrogen functional groups attached to an aromatic ring is 1. The van der Waals surface area contributed by atoms with E-state index in [1.165, 1.54) is 0 Å². The highest BCUT2D eigenvalue weighted by Crippen LogP contribution is 2.34. The predicted molar refractivity (Wildman–Crippen MR) is 43.2 cm³/mol. The molecule has 0 fully saturated rings. The van der Waals surface area contributed by atoms with Crippen LogP contribution in [0, 0.1) is 0 Å². The molecule has 0 aliphatic carbocycles. The minimum Gasteiger partial charge on any atom is -0.448 e. The van der Waals surface area contributed by atoms with E-state index in [1.807, 2.05) is 0 Å². The largest absolute Gasteiger partial charge is 0.448 e. The molecule has 0 amide bonds. The lowest BCUT2D eigenvalue weighted by molar-refractivity contribution is 0.0543. The molecule has 1 aromatic heterocycles. The van der Waals surface area contributed by atoms with E-state index >= 15 is 0 Å². The standard InChI is InChI=1S/C5H7N2O6P/c6-5-7-3(1-12-5)4(8)13-2-14(9,10)11/h1H,2H2,(H2,6,7)(H2,9,10,11). The second-order valence-electron chi connectivity index (χ2n) is 2.30. The minimum atomic E-state index is -4.37. The molecule has 0 aromatic carbocycles. The molecule has 0 saturated carbocycles. The highest BCUT2D eigenvalue weighted by Gasteiger charge is 2.19. The summed E-state index contributed by atoms with van der Waals surface area (Å²) in [5.74, 6) is -1.01. The molecule has 78 valence electrons. The molecule has 0 spiro atoms. The molecule has 14 heavy (non-hydrogen) atoms. The summed E-state index contributed by atoms with van der Waals surface area (Å²) < 4.78 is 19.0. The van der Waals surface area contributed by atoms with Crippen molar-refractivity contribution in [2.45, 2.75) is 0 Å². The number of esters is 1. The SMILES string of the molecule is Nc1nc(C(=O)OCP(=O)(O)O)co1. The summed E-state index contributed by atoms with van der Waals surface area (Å²) in [4.78, 5) is 31.1. The van der Waals surface area contributed by atoms with Gasteiger partial charge in [0.2, 0.25) is 0 Å². The number of nitrogens with zero attached hydrogens (tertiary/aromatic N) is 1. The second kappa shape index (κ2) is 3.79. The molecule has 1 aromatic rings. The number of hydrogen-bond donors (Lipinski definition) is 3. The Morgan fingerprint density at radius 3 is 2.79 bits per heavy atom. The topological polar surface area (TPSA) is 136 Å². The van der Waals surface area contributed by atoms with Crippen LogP contribution in [0.1, 0.15) is 10.5 Å². The Labute approximate surface area is 77.8 Å². The zero-order chi connectivity index (χ0) is 10.8. The third-order valence-corrected chi connectivity index (χ3v) is 1.56. The Bertz CT molecular complexity index is 381. The molecule has 0 bridgehead atoms. The zero-order valence-corrected chi connectivity index (χ0v) is 7.68. The minimum absolute atomic E-state index is 0.229. The number of carbonyl (C=O) groups is 1. The molecule has 0 unspecified atom stereocenters. The summed E-state index contributed by atoms with van der Waals surface area (Å²) in [5, 5.41) is 0. The monoisotopic (exact) mass is 222 g/mol. The summed E-state index contributed by atoms with van der Waals surface area (Å²) >= 11 is 0. The van der Waals surface area contributed by atoms with Crippen molar-refractivity contribution in [3.63, 3.8) is 0 Å². The van der Waals surface area contributed by atoms with Gasteiger partial charge in [-0.2, -0.15) is 4.98 Å². The fraction of sp³-hybridized carbons (Fsp3) is 0.200. The van der Waals surface area contributed by atoms with Crippen molar-refractivity contribution in [1.29, 1.82) is 0 Å². The zero-order valence-electron chi connectivity index (χ0n) is 6.78. The fourth-order valence-electron chi connectivity index (χ4n) is 0.598. The van der Waals surface area contributed by atoms with E-state index in [9.17, 15) is 9.36 Å². The van der Waals surface area contributed by atoms with Crippen molar-refractivity contribution >= 4 is 19.6 Å². The average Bonchev–Trinajstić information content (AvgIpc) is 2.46.